The van der Waals surface area contributed by atoms with Crippen molar-refractivity contribution in [1.29, 1.82) is 0 Å². The highest BCUT2D eigenvalue weighted by molar-refractivity contribution is 5.96. The van der Waals surface area contributed by atoms with Gasteiger partial charge in [0.2, 0.25) is 0 Å². The van der Waals surface area contributed by atoms with Gasteiger partial charge in [0, 0.05) is 12.1 Å². The number of benzene rings is 2. The van der Waals surface area contributed by atoms with Crippen LogP contribution in [0, 0.1) is 17.5 Å². The molecule has 1 amide bonds. The first kappa shape index (κ1) is 14.9. The minimum atomic E-state index is -0.644. The van der Waals surface area contributed by atoms with E-state index in [0.29, 0.717) is 0 Å². The van der Waals surface area contributed by atoms with Crippen molar-refractivity contribution in [2.75, 3.05) is 7.11 Å². The highest BCUT2D eigenvalue weighted by Gasteiger charge is 2.14. The highest BCUT2D eigenvalue weighted by Crippen LogP contribution is 2.19. The molecule has 21 heavy (non-hydrogen) atoms. The zero-order valence-electron chi connectivity index (χ0n) is 11.1. The number of carbonyl (C=O) groups is 1. The average Bonchev–Trinajstić information content (AvgIpc) is 2.47. The van der Waals surface area contributed by atoms with Crippen LogP contribution in [0.1, 0.15) is 15.9 Å². The van der Waals surface area contributed by atoms with Gasteiger partial charge in [-0.3, -0.25) is 4.79 Å². The summed E-state index contributed by atoms with van der Waals surface area (Å²) in [7, 11) is 1.34. The van der Waals surface area contributed by atoms with Crippen molar-refractivity contribution in [2.45, 2.75) is 6.54 Å². The van der Waals surface area contributed by atoms with E-state index in [-0.39, 0.29) is 23.4 Å². The Bertz CT molecular complexity index is 674. The lowest BCUT2D eigenvalue weighted by molar-refractivity contribution is 0.0947. The molecule has 0 bridgehead atoms. The number of carbonyl (C=O) groups excluding carboxylic acids is 1. The summed E-state index contributed by atoms with van der Waals surface area (Å²) in [5.41, 5.74) is -0.0203. The molecule has 3 nitrogen and oxygen atoms in total. The molecule has 0 aliphatic carbocycles. The molecule has 2 aromatic rings. The summed E-state index contributed by atoms with van der Waals surface area (Å²) in [6, 6.07) is 6.42. The molecule has 110 valence electrons. The minimum Gasteiger partial charge on any atom is -0.496 e. The largest absolute Gasteiger partial charge is 0.496 e. The Morgan fingerprint density at radius 3 is 2.48 bits per heavy atom. The van der Waals surface area contributed by atoms with Crippen LogP contribution in [0.3, 0.4) is 0 Å². The smallest absolute Gasteiger partial charge is 0.255 e. The van der Waals surface area contributed by atoms with Crippen LogP contribution in [0.2, 0.25) is 0 Å². The fourth-order valence-corrected chi connectivity index (χ4v) is 1.81. The van der Waals surface area contributed by atoms with E-state index in [1.54, 1.807) is 0 Å². The summed E-state index contributed by atoms with van der Waals surface area (Å²) in [5, 5.41) is 2.39. The third-order valence-corrected chi connectivity index (χ3v) is 2.85. The predicted molar refractivity (Wildman–Crippen MR) is 70.5 cm³/mol. The molecule has 0 radical (unpaired) electrons. The van der Waals surface area contributed by atoms with E-state index in [1.165, 1.54) is 13.2 Å². The van der Waals surface area contributed by atoms with E-state index in [2.05, 4.69) is 5.32 Å². The molecule has 2 aromatic carbocycles. The summed E-state index contributed by atoms with van der Waals surface area (Å²) in [6.45, 7) is -0.220. The maximum absolute atomic E-state index is 13.4. The summed E-state index contributed by atoms with van der Waals surface area (Å²) in [6.07, 6.45) is 0. The van der Waals surface area contributed by atoms with Crippen molar-refractivity contribution in [3.63, 3.8) is 0 Å². The zero-order chi connectivity index (χ0) is 15.4. The summed E-state index contributed by atoms with van der Waals surface area (Å²) >= 11 is 0. The van der Waals surface area contributed by atoms with Gasteiger partial charge in [0.15, 0.2) is 0 Å². The van der Waals surface area contributed by atoms with Crippen molar-refractivity contribution in [3.05, 3.63) is 65.0 Å². The van der Waals surface area contributed by atoms with Gasteiger partial charge in [-0.2, -0.15) is 0 Å². The number of rotatable bonds is 4. The molecule has 0 aromatic heterocycles. The Morgan fingerprint density at radius 1 is 1.10 bits per heavy atom. The van der Waals surface area contributed by atoms with E-state index in [1.807, 2.05) is 0 Å². The Kier molecular flexibility index (Phi) is 4.47. The number of amides is 1. The standard InChI is InChI=1S/C15H12F3NO2/c1-21-14-5-3-11(17)7-12(14)15(20)19-8-9-6-10(16)2-4-13(9)18/h2-7H,8H2,1H3,(H,19,20). The number of hydrogen-bond acceptors (Lipinski definition) is 2. The molecule has 0 aliphatic heterocycles. The summed E-state index contributed by atoms with van der Waals surface area (Å²) in [4.78, 5) is 12.0. The van der Waals surface area contributed by atoms with Crippen LogP contribution in [-0.2, 0) is 6.54 Å². The molecule has 0 unspecified atom stereocenters. The molecule has 0 heterocycles. The van der Waals surface area contributed by atoms with Crippen molar-refractivity contribution in [2.24, 2.45) is 0 Å². The molecule has 1 N–H and O–H groups in total. The lowest BCUT2D eigenvalue weighted by Crippen LogP contribution is -2.24. The van der Waals surface area contributed by atoms with Gasteiger partial charge in [-0.1, -0.05) is 0 Å². The fraction of sp³-hybridized carbons (Fsp3) is 0.133. The van der Waals surface area contributed by atoms with Gasteiger partial charge in [0.25, 0.3) is 5.91 Å². The van der Waals surface area contributed by atoms with Crippen LogP contribution in [0.4, 0.5) is 13.2 Å². The highest BCUT2D eigenvalue weighted by atomic mass is 19.1. The Hall–Kier alpha value is -2.50. The summed E-state index contributed by atoms with van der Waals surface area (Å²) in [5.74, 6) is -2.30. The quantitative estimate of drug-likeness (QED) is 0.941. The first-order chi connectivity index (χ1) is 10.0. The Balaban J connectivity index is 2.15. The van der Waals surface area contributed by atoms with E-state index >= 15 is 0 Å². The van der Waals surface area contributed by atoms with E-state index < -0.39 is 23.4 Å². The van der Waals surface area contributed by atoms with E-state index in [4.69, 9.17) is 4.74 Å². The average molecular weight is 295 g/mol. The van der Waals surface area contributed by atoms with Crippen LogP contribution < -0.4 is 10.1 Å². The molecule has 0 aliphatic rings. The molecule has 0 saturated heterocycles. The van der Waals surface area contributed by atoms with Crippen LogP contribution in [0.15, 0.2) is 36.4 Å². The second kappa shape index (κ2) is 6.30. The molecule has 6 heteroatoms. The van der Waals surface area contributed by atoms with Crippen LogP contribution in [-0.4, -0.2) is 13.0 Å². The van der Waals surface area contributed by atoms with Crippen molar-refractivity contribution >= 4 is 5.91 Å². The number of nitrogens with one attached hydrogen (secondary N) is 1. The van der Waals surface area contributed by atoms with Gasteiger partial charge in [-0.15, -0.1) is 0 Å². The molecule has 0 spiro atoms. The molecule has 2 rings (SSSR count). The lowest BCUT2D eigenvalue weighted by atomic mass is 10.1. The fourth-order valence-electron chi connectivity index (χ4n) is 1.81. The Morgan fingerprint density at radius 2 is 1.76 bits per heavy atom. The zero-order valence-corrected chi connectivity index (χ0v) is 11.1. The molecule has 0 saturated carbocycles. The van der Waals surface area contributed by atoms with Crippen LogP contribution in [0.5, 0.6) is 5.75 Å². The second-order valence-electron chi connectivity index (χ2n) is 4.26. The van der Waals surface area contributed by atoms with Crippen molar-refractivity contribution in [1.82, 2.24) is 5.32 Å². The summed E-state index contributed by atoms with van der Waals surface area (Å²) < 4.78 is 44.6. The van der Waals surface area contributed by atoms with Gasteiger partial charge in [-0.05, 0) is 36.4 Å². The van der Waals surface area contributed by atoms with E-state index in [0.717, 1.165) is 30.3 Å². The van der Waals surface area contributed by atoms with Crippen molar-refractivity contribution < 1.29 is 22.7 Å². The molecular weight excluding hydrogens is 283 g/mol. The number of halogens is 3. The number of methoxy groups -OCH3 is 1. The van der Waals surface area contributed by atoms with Gasteiger partial charge in [0.05, 0.1) is 12.7 Å². The van der Waals surface area contributed by atoms with Gasteiger partial charge < -0.3 is 10.1 Å². The Labute approximate surface area is 119 Å². The maximum Gasteiger partial charge on any atom is 0.255 e. The van der Waals surface area contributed by atoms with Gasteiger partial charge in [-0.25, -0.2) is 13.2 Å². The van der Waals surface area contributed by atoms with E-state index in [9.17, 15) is 18.0 Å². The molecule has 0 atom stereocenters. The third-order valence-electron chi connectivity index (χ3n) is 2.85. The van der Waals surface area contributed by atoms with Crippen LogP contribution >= 0.6 is 0 Å². The number of hydrogen-bond donors (Lipinski definition) is 1. The maximum atomic E-state index is 13.4. The first-order valence-electron chi connectivity index (χ1n) is 6.07. The normalized spacial score (nSPS) is 10.3. The second-order valence-corrected chi connectivity index (χ2v) is 4.26. The van der Waals surface area contributed by atoms with Gasteiger partial charge >= 0.3 is 0 Å². The minimum absolute atomic E-state index is 0.00119. The SMILES string of the molecule is COc1ccc(F)cc1C(=O)NCc1cc(F)ccc1F. The monoisotopic (exact) mass is 295 g/mol. The first-order valence-corrected chi connectivity index (χ1v) is 6.07. The van der Waals surface area contributed by atoms with Crippen LogP contribution in [0.25, 0.3) is 0 Å². The molecule has 0 fully saturated rings. The third kappa shape index (κ3) is 3.53. The van der Waals surface area contributed by atoms with Gasteiger partial charge in [0.1, 0.15) is 23.2 Å². The van der Waals surface area contributed by atoms with Crippen molar-refractivity contribution in [3.8, 4) is 5.75 Å². The number of ether oxygens (including phenoxy) is 1. The predicted octanol–water partition coefficient (Wildman–Crippen LogP) is 3.04. The lowest BCUT2D eigenvalue weighted by Gasteiger charge is -2.10. The molecular formula is C15H12F3NO2. The topological polar surface area (TPSA) is 38.3 Å².